The van der Waals surface area contributed by atoms with Gasteiger partial charge in [-0.05, 0) is 95.1 Å². The molecule has 524 valence electrons. The molecule has 3 aromatic rings. The van der Waals surface area contributed by atoms with E-state index in [2.05, 4.69) is 21.3 Å². The maximum atomic E-state index is 15.3. The molecular weight excluding hydrogens is 1220 g/mol. The minimum atomic E-state index is -2.03. The third kappa shape index (κ3) is 23.0. The lowest BCUT2D eigenvalue weighted by atomic mass is 9.94. The zero-order valence-corrected chi connectivity index (χ0v) is 59.1. The standard InChI is InChI=1S/C72H106N8O15/c1-19-46(9)57(76-70(91)95-71(11,12)13)62(83)75-56(44(5)6)61(82)73-51(39-43(3)4)65(86)79(18)60(72(14,15)92)69(90)94-59(47(10)20-2)67(88)78(17)58(45(7)8)63(84)74-52(40-48-31-24-21-25-32-48)64(85)77(16)54(41-49-33-26-22-27-34-49)66(87)80-38-30-37-53(80)68(89)93-42-55(81)50-35-28-23-29-36-50/h21-29,31-36,43-47,51-54,56-60,92H,19-20,30,37-42H2,1-18H3,(H,73,82)(H,74,84)(H,75,83)(H,76,91)/t46-,47+,51-,52-,53-,54-,56-,57-,58-,59+,60?/m0/s1. The van der Waals surface area contributed by atoms with Crippen LogP contribution in [0.3, 0.4) is 0 Å². The molecule has 1 heterocycles. The van der Waals surface area contributed by atoms with Gasteiger partial charge in [0, 0.05) is 52.0 Å². The topological polar surface area (TPSA) is 297 Å². The quantitative estimate of drug-likeness (QED) is 0.0237. The van der Waals surface area contributed by atoms with Crippen LogP contribution in [-0.4, -0.2) is 190 Å². The van der Waals surface area contributed by atoms with Gasteiger partial charge >= 0.3 is 18.0 Å². The van der Waals surface area contributed by atoms with Crippen molar-refractivity contribution >= 4 is 65.2 Å². The molecule has 95 heavy (non-hydrogen) atoms. The lowest BCUT2D eigenvalue weighted by Gasteiger charge is -2.39. The van der Waals surface area contributed by atoms with Crippen molar-refractivity contribution in [2.24, 2.45) is 29.6 Å². The number of esters is 2. The molecule has 0 bridgehead atoms. The highest BCUT2D eigenvalue weighted by atomic mass is 16.6. The fourth-order valence-corrected chi connectivity index (χ4v) is 11.6. The molecule has 1 fully saturated rings. The number of ether oxygens (including phenoxy) is 3. The first-order valence-electron chi connectivity index (χ1n) is 33.2. The van der Waals surface area contributed by atoms with E-state index in [0.717, 1.165) is 9.80 Å². The summed E-state index contributed by atoms with van der Waals surface area (Å²) in [6.07, 6.45) is -0.935. The Balaban J connectivity index is 1.64. The van der Waals surface area contributed by atoms with Gasteiger partial charge in [-0.2, -0.15) is 0 Å². The molecule has 0 saturated carbocycles. The number of amides is 8. The second kappa shape index (κ2) is 36.1. The largest absolute Gasteiger partial charge is 0.456 e. The number of carbonyl (C=O) groups is 11. The van der Waals surface area contributed by atoms with Crippen LogP contribution >= 0.6 is 0 Å². The van der Waals surface area contributed by atoms with Gasteiger partial charge in [0.1, 0.15) is 47.9 Å². The third-order valence-electron chi connectivity index (χ3n) is 17.2. The molecule has 5 N–H and O–H groups in total. The summed E-state index contributed by atoms with van der Waals surface area (Å²) in [7, 11) is 4.09. The minimum absolute atomic E-state index is 0.0193. The number of aliphatic hydroxyl groups is 1. The summed E-state index contributed by atoms with van der Waals surface area (Å²) >= 11 is 0. The molecule has 0 radical (unpaired) electrons. The number of hydrogen-bond donors (Lipinski definition) is 5. The number of ketones is 1. The maximum absolute atomic E-state index is 15.3. The first-order chi connectivity index (χ1) is 44.4. The van der Waals surface area contributed by atoms with E-state index in [1.54, 1.807) is 154 Å². The van der Waals surface area contributed by atoms with E-state index in [-0.39, 0.29) is 50.5 Å². The Labute approximate surface area is 561 Å². The fraction of sp³-hybridized carbons (Fsp3) is 0.597. The van der Waals surface area contributed by atoms with Gasteiger partial charge in [0.15, 0.2) is 24.5 Å². The number of likely N-dealkylation sites (tertiary alicyclic amines) is 1. The van der Waals surface area contributed by atoms with Crippen molar-refractivity contribution in [3.8, 4) is 0 Å². The fourth-order valence-electron chi connectivity index (χ4n) is 11.6. The van der Waals surface area contributed by atoms with E-state index in [1.165, 1.54) is 44.8 Å². The molecule has 1 unspecified atom stereocenters. The van der Waals surface area contributed by atoms with Crippen LogP contribution in [0.1, 0.15) is 157 Å². The van der Waals surface area contributed by atoms with Gasteiger partial charge in [0.05, 0.1) is 5.60 Å². The van der Waals surface area contributed by atoms with Crippen LogP contribution in [0, 0.1) is 29.6 Å². The second-order valence-corrected chi connectivity index (χ2v) is 27.8. The lowest BCUT2D eigenvalue weighted by molar-refractivity contribution is -0.177. The van der Waals surface area contributed by atoms with Crippen LogP contribution in [0.2, 0.25) is 0 Å². The Kier molecular flexibility index (Phi) is 30.1. The maximum Gasteiger partial charge on any atom is 0.408 e. The summed E-state index contributed by atoms with van der Waals surface area (Å²) in [5.74, 6) is -9.78. The first-order valence-corrected chi connectivity index (χ1v) is 33.2. The summed E-state index contributed by atoms with van der Waals surface area (Å²) in [5.41, 5.74) is -1.18. The van der Waals surface area contributed by atoms with Gasteiger partial charge in [-0.25, -0.2) is 14.4 Å². The van der Waals surface area contributed by atoms with Crippen molar-refractivity contribution in [2.75, 3.05) is 34.3 Å². The first kappa shape index (κ1) is 79.2. The van der Waals surface area contributed by atoms with Crippen molar-refractivity contribution in [1.82, 2.24) is 40.9 Å². The highest BCUT2D eigenvalue weighted by molar-refractivity contribution is 6.00. The Morgan fingerprint density at radius 1 is 0.600 bits per heavy atom. The van der Waals surface area contributed by atoms with Crippen LogP contribution < -0.4 is 21.3 Å². The number of Topliss-reactive ketones (excluding diaryl/α,β-unsaturated/α-hetero) is 1. The Morgan fingerprint density at radius 2 is 1.12 bits per heavy atom. The average molecular weight is 1320 g/mol. The molecule has 0 aromatic heterocycles. The predicted molar refractivity (Wildman–Crippen MR) is 360 cm³/mol. The molecule has 3 aromatic carbocycles. The highest BCUT2D eigenvalue weighted by Crippen LogP contribution is 2.27. The van der Waals surface area contributed by atoms with Crippen LogP contribution in [0.25, 0.3) is 0 Å². The highest BCUT2D eigenvalue weighted by Gasteiger charge is 2.47. The zero-order valence-electron chi connectivity index (χ0n) is 59.1. The minimum Gasteiger partial charge on any atom is -0.456 e. The summed E-state index contributed by atoms with van der Waals surface area (Å²) in [6, 6.07) is 16.0. The molecule has 8 amide bonds. The monoisotopic (exact) mass is 1320 g/mol. The van der Waals surface area contributed by atoms with Gasteiger partial charge in [-0.15, -0.1) is 0 Å². The average Bonchev–Trinajstić information content (AvgIpc) is 1.63. The van der Waals surface area contributed by atoms with Crippen molar-refractivity contribution in [3.05, 3.63) is 108 Å². The number of nitrogens with one attached hydrogen (secondary N) is 4. The summed E-state index contributed by atoms with van der Waals surface area (Å²) in [4.78, 5) is 163. The zero-order chi connectivity index (χ0) is 71.4. The van der Waals surface area contributed by atoms with E-state index in [4.69, 9.17) is 14.2 Å². The van der Waals surface area contributed by atoms with Crippen molar-refractivity contribution in [2.45, 2.75) is 214 Å². The van der Waals surface area contributed by atoms with Gasteiger partial charge in [0.25, 0.3) is 5.91 Å². The molecule has 23 nitrogen and oxygen atoms in total. The molecule has 23 heteroatoms. The Bertz CT molecular complexity index is 3080. The summed E-state index contributed by atoms with van der Waals surface area (Å²) in [6.45, 7) is 24.7. The van der Waals surface area contributed by atoms with E-state index in [1.807, 2.05) is 26.8 Å². The van der Waals surface area contributed by atoms with Gasteiger partial charge < -0.3 is 60.2 Å². The molecule has 1 aliphatic rings. The van der Waals surface area contributed by atoms with E-state index < -0.39 is 155 Å². The number of nitrogens with zero attached hydrogens (tertiary/aromatic N) is 4. The van der Waals surface area contributed by atoms with Gasteiger partial charge in [-0.1, -0.05) is 167 Å². The molecule has 1 saturated heterocycles. The van der Waals surface area contributed by atoms with Crippen LogP contribution in [0.4, 0.5) is 4.79 Å². The van der Waals surface area contributed by atoms with Crippen molar-refractivity contribution in [3.63, 3.8) is 0 Å². The van der Waals surface area contributed by atoms with Gasteiger partial charge in [-0.3, -0.25) is 38.4 Å². The van der Waals surface area contributed by atoms with E-state index >= 15 is 19.2 Å². The normalized spacial score (nSPS) is 16.5. The van der Waals surface area contributed by atoms with Crippen LogP contribution in [-0.2, 0) is 70.2 Å². The number of alkyl carbamates (subject to hydrolysis) is 1. The Morgan fingerprint density at radius 3 is 1.62 bits per heavy atom. The van der Waals surface area contributed by atoms with E-state index in [0.29, 0.717) is 29.5 Å². The number of rotatable bonds is 33. The molecule has 11 atom stereocenters. The molecule has 1 aliphatic heterocycles. The molecule has 0 aliphatic carbocycles. The van der Waals surface area contributed by atoms with E-state index in [9.17, 15) is 38.7 Å². The summed E-state index contributed by atoms with van der Waals surface area (Å²) < 4.78 is 17.0. The van der Waals surface area contributed by atoms with Crippen molar-refractivity contribution < 1.29 is 72.1 Å². The third-order valence-corrected chi connectivity index (χ3v) is 17.2. The molecule has 0 spiro atoms. The second-order valence-electron chi connectivity index (χ2n) is 27.8. The van der Waals surface area contributed by atoms with Crippen LogP contribution in [0.5, 0.6) is 0 Å². The predicted octanol–water partition coefficient (Wildman–Crippen LogP) is 6.85. The SMILES string of the molecule is CC[C@@H](C)[C@@H](OC(=O)C(N(C)C(=O)[C@H](CC(C)C)NC(=O)[C@@H](NC(=O)[C@@H](NC(=O)OC(C)(C)C)[C@@H](C)CC)C(C)C)C(C)(C)O)C(=O)N(C)[C@H](C(=O)N[C@@H](Cc1ccccc1)C(=O)N(C)[C@@H](Cc1ccccc1)C(=O)N1CCC[C@H]1C(=O)OCC(=O)c1ccccc1)C(C)C. The number of benzene rings is 3. The van der Waals surface area contributed by atoms with Crippen LogP contribution in [0.15, 0.2) is 91.0 Å². The molecule has 4 rings (SSSR count). The van der Waals surface area contributed by atoms with Gasteiger partial charge in [0.2, 0.25) is 35.4 Å². The number of hydrogen-bond acceptors (Lipinski definition) is 15. The van der Waals surface area contributed by atoms with Crippen molar-refractivity contribution in [1.29, 1.82) is 0 Å². The number of likely N-dealkylation sites (N-methyl/N-ethyl adjacent to an activating group) is 3. The number of carbonyl (C=O) groups excluding carboxylic acids is 11. The molecular formula is C72H106N8O15. The lowest BCUT2D eigenvalue weighted by Crippen LogP contribution is -2.63. The smallest absolute Gasteiger partial charge is 0.408 e. The Hall–Kier alpha value is -8.21. The summed E-state index contributed by atoms with van der Waals surface area (Å²) in [5, 5.41) is 22.9.